The zero-order chi connectivity index (χ0) is 24.2. The lowest BCUT2D eigenvalue weighted by Crippen LogP contribution is -2.68. The molecule has 33 heavy (non-hydrogen) atoms. The first-order valence-corrected chi connectivity index (χ1v) is 13.0. The van der Waals surface area contributed by atoms with E-state index in [1.807, 2.05) is 19.1 Å². The number of allylic oxidation sites excluding steroid dienone is 4. The smallest absolute Gasteiger partial charge is 0.176 e. The third-order valence-electron chi connectivity index (χ3n) is 11.6. The highest BCUT2D eigenvalue weighted by molar-refractivity contribution is 6.02. The van der Waals surface area contributed by atoms with Crippen LogP contribution in [0.2, 0.25) is 0 Å². The van der Waals surface area contributed by atoms with Crippen molar-refractivity contribution in [1.82, 2.24) is 0 Å². The number of Topliss-reactive ketones (excluding diaryl/α,β-unsaturated/α-hetero) is 1. The van der Waals surface area contributed by atoms with Gasteiger partial charge in [0.05, 0.1) is 5.57 Å². The molecular formula is C29H40N2O2. The van der Waals surface area contributed by atoms with E-state index in [2.05, 4.69) is 40.7 Å². The Morgan fingerprint density at radius 1 is 1.00 bits per heavy atom. The summed E-state index contributed by atoms with van der Waals surface area (Å²) in [6.45, 7) is 13.5. The molecular weight excluding hydrogens is 408 g/mol. The van der Waals surface area contributed by atoms with Crippen LogP contribution in [0.1, 0.15) is 86.5 Å². The van der Waals surface area contributed by atoms with Gasteiger partial charge in [0.1, 0.15) is 6.07 Å². The fourth-order valence-electron chi connectivity index (χ4n) is 9.29. The molecule has 0 aromatic carbocycles. The summed E-state index contributed by atoms with van der Waals surface area (Å²) in [5.41, 5.74) is 7.75. The van der Waals surface area contributed by atoms with Crippen molar-refractivity contribution in [3.05, 3.63) is 23.3 Å². The Bertz CT molecular complexity index is 1050. The van der Waals surface area contributed by atoms with Crippen molar-refractivity contribution in [2.75, 3.05) is 0 Å². The van der Waals surface area contributed by atoms with E-state index < -0.39 is 5.41 Å². The summed E-state index contributed by atoms with van der Waals surface area (Å²) in [6.07, 6.45) is 10.9. The van der Waals surface area contributed by atoms with Crippen LogP contribution in [0.4, 0.5) is 0 Å². The van der Waals surface area contributed by atoms with Crippen molar-refractivity contribution >= 4 is 11.6 Å². The number of nitrogens with two attached hydrogens (primary N) is 1. The number of carbonyl (C=O) groups is 2. The van der Waals surface area contributed by atoms with E-state index in [0.29, 0.717) is 0 Å². The second kappa shape index (κ2) is 6.69. The summed E-state index contributed by atoms with van der Waals surface area (Å²) >= 11 is 0. The molecule has 4 nitrogen and oxygen atoms in total. The lowest BCUT2D eigenvalue weighted by atomic mass is 9.36. The minimum atomic E-state index is -0.432. The number of rotatable bonds is 0. The fourth-order valence-corrected chi connectivity index (χ4v) is 9.29. The summed E-state index contributed by atoms with van der Waals surface area (Å²) in [6, 6.07) is 2.16. The molecule has 0 spiro atoms. The minimum Gasteiger partial charge on any atom is -0.325 e. The highest BCUT2D eigenvalue weighted by Gasteiger charge is 2.68. The first-order chi connectivity index (χ1) is 15.2. The first kappa shape index (κ1) is 23.0. The van der Waals surface area contributed by atoms with Crippen molar-refractivity contribution < 1.29 is 9.59 Å². The van der Waals surface area contributed by atoms with E-state index in [1.165, 1.54) is 5.57 Å². The van der Waals surface area contributed by atoms with Crippen LogP contribution in [0.3, 0.4) is 0 Å². The largest absolute Gasteiger partial charge is 0.325 e. The Labute approximate surface area is 199 Å². The van der Waals surface area contributed by atoms with E-state index in [9.17, 15) is 14.9 Å². The summed E-state index contributed by atoms with van der Waals surface area (Å²) in [5, 5.41) is 9.70. The molecule has 0 heterocycles. The highest BCUT2D eigenvalue weighted by atomic mass is 16.1. The molecule has 0 amide bonds. The van der Waals surface area contributed by atoms with Crippen LogP contribution in [-0.2, 0) is 9.59 Å². The van der Waals surface area contributed by atoms with Crippen molar-refractivity contribution in [3.63, 3.8) is 0 Å². The normalized spacial score (nSPS) is 50.6. The summed E-state index contributed by atoms with van der Waals surface area (Å²) in [7, 11) is 0. The van der Waals surface area contributed by atoms with Crippen LogP contribution in [0.15, 0.2) is 23.3 Å². The molecule has 5 aliphatic carbocycles. The Hall–Kier alpha value is -1.73. The van der Waals surface area contributed by atoms with Crippen LogP contribution < -0.4 is 5.73 Å². The van der Waals surface area contributed by atoms with Crippen LogP contribution in [0.25, 0.3) is 0 Å². The number of nitriles is 1. The van der Waals surface area contributed by atoms with Crippen LogP contribution in [0, 0.1) is 56.7 Å². The lowest BCUT2D eigenvalue weighted by molar-refractivity contribution is -0.156. The molecule has 0 aliphatic heterocycles. The van der Waals surface area contributed by atoms with Crippen molar-refractivity contribution in [2.45, 2.75) is 92.0 Å². The summed E-state index contributed by atoms with van der Waals surface area (Å²) in [4.78, 5) is 26.9. The highest BCUT2D eigenvalue weighted by Crippen LogP contribution is 2.72. The molecule has 0 radical (unpaired) electrons. The van der Waals surface area contributed by atoms with Crippen LogP contribution in [-0.4, -0.2) is 17.1 Å². The first-order valence-electron chi connectivity index (χ1n) is 13.0. The van der Waals surface area contributed by atoms with Crippen molar-refractivity contribution in [2.24, 2.45) is 51.1 Å². The number of ketones is 2. The van der Waals surface area contributed by atoms with Crippen molar-refractivity contribution in [1.29, 1.82) is 5.26 Å². The maximum absolute atomic E-state index is 14.1. The Balaban J connectivity index is 1.68. The van der Waals surface area contributed by atoms with Gasteiger partial charge in [-0.15, -0.1) is 0 Å². The van der Waals surface area contributed by atoms with E-state index in [4.69, 9.17) is 5.73 Å². The molecule has 5 rings (SSSR count). The van der Waals surface area contributed by atoms with Gasteiger partial charge in [0.25, 0.3) is 0 Å². The van der Waals surface area contributed by atoms with E-state index in [0.717, 1.165) is 44.9 Å². The van der Waals surface area contributed by atoms with Gasteiger partial charge in [-0.2, -0.15) is 5.26 Å². The lowest BCUT2D eigenvalue weighted by Gasteiger charge is -2.68. The van der Waals surface area contributed by atoms with Gasteiger partial charge in [0, 0.05) is 22.8 Å². The van der Waals surface area contributed by atoms with Gasteiger partial charge in [-0.25, -0.2) is 0 Å². The maximum atomic E-state index is 14.1. The summed E-state index contributed by atoms with van der Waals surface area (Å²) in [5.74, 6) is 0.311. The Morgan fingerprint density at radius 2 is 1.67 bits per heavy atom. The molecule has 8 unspecified atom stereocenters. The number of hydrogen-bond acceptors (Lipinski definition) is 4. The molecule has 0 aromatic heterocycles. The maximum Gasteiger partial charge on any atom is 0.176 e. The summed E-state index contributed by atoms with van der Waals surface area (Å²) < 4.78 is 0. The average Bonchev–Trinajstić information content (AvgIpc) is 2.74. The van der Waals surface area contributed by atoms with Crippen LogP contribution >= 0.6 is 0 Å². The van der Waals surface area contributed by atoms with Gasteiger partial charge >= 0.3 is 0 Å². The SMILES string of the molecule is CC1C(=O)C(C#N)=CC2(C)C3=CC(=O)C4C5CC(C)(C)CCC5(N)CCC4(C)C3(C)CCC12. The minimum absolute atomic E-state index is 0.0366. The van der Waals surface area contributed by atoms with E-state index in [1.54, 1.807) is 0 Å². The fraction of sp³-hybridized carbons (Fsp3) is 0.759. The third-order valence-corrected chi connectivity index (χ3v) is 11.6. The zero-order valence-corrected chi connectivity index (χ0v) is 21.3. The monoisotopic (exact) mass is 448 g/mol. The zero-order valence-electron chi connectivity index (χ0n) is 21.3. The van der Waals surface area contributed by atoms with E-state index in [-0.39, 0.29) is 62.6 Å². The molecule has 3 saturated carbocycles. The Morgan fingerprint density at radius 3 is 2.33 bits per heavy atom. The second-order valence-electron chi connectivity index (χ2n) is 13.6. The number of nitrogens with zero attached hydrogens (tertiary/aromatic N) is 1. The standard InChI is InChI=1S/C29H40N2O2/c1-17-19-7-8-27(5)22(26(19,4)14-18(16-30)24(17)33)13-21(32)23-20-15-25(2,3)9-11-29(20,31)12-10-28(23,27)6/h13-14,17,19-20,23H,7-12,15,31H2,1-6H3. The number of hydrogen-bond donors (Lipinski definition) is 1. The molecule has 5 aliphatic rings. The second-order valence-corrected chi connectivity index (χ2v) is 13.6. The Kier molecular flexibility index (Phi) is 4.67. The third kappa shape index (κ3) is 2.78. The van der Waals surface area contributed by atoms with Crippen molar-refractivity contribution in [3.8, 4) is 6.07 Å². The predicted molar refractivity (Wildman–Crippen MR) is 129 cm³/mol. The molecule has 8 atom stereocenters. The van der Waals surface area contributed by atoms with Crippen LogP contribution in [0.5, 0.6) is 0 Å². The number of carbonyl (C=O) groups excluding carboxylic acids is 2. The van der Waals surface area contributed by atoms with Gasteiger partial charge < -0.3 is 5.73 Å². The quantitative estimate of drug-likeness (QED) is 0.528. The van der Waals surface area contributed by atoms with Gasteiger partial charge in [-0.1, -0.05) is 53.2 Å². The predicted octanol–water partition coefficient (Wildman–Crippen LogP) is 5.53. The van der Waals surface area contributed by atoms with Gasteiger partial charge in [0.2, 0.25) is 0 Å². The van der Waals surface area contributed by atoms with Gasteiger partial charge in [-0.3, -0.25) is 9.59 Å². The molecule has 2 N–H and O–H groups in total. The molecule has 3 fully saturated rings. The van der Waals surface area contributed by atoms with Gasteiger partial charge in [-0.05, 0) is 79.1 Å². The molecule has 0 bridgehead atoms. The molecule has 0 saturated heterocycles. The molecule has 178 valence electrons. The van der Waals surface area contributed by atoms with Gasteiger partial charge in [0.15, 0.2) is 11.6 Å². The molecule has 4 heteroatoms. The van der Waals surface area contributed by atoms with E-state index >= 15 is 0 Å². The average molecular weight is 449 g/mol. The molecule has 0 aromatic rings. The number of fused-ring (bicyclic) bond motifs is 7. The topological polar surface area (TPSA) is 84.0 Å².